The van der Waals surface area contributed by atoms with Gasteiger partial charge in [0.15, 0.2) is 93.1 Å². The van der Waals surface area contributed by atoms with Gasteiger partial charge in [-0.05, 0) is 24.3 Å². The highest BCUT2D eigenvalue weighted by Gasteiger charge is 2.54. The SMILES string of the molecule is O=C(O[C@H]1O[C@@H]2COC(=O)c3cc(O)c(O)c(O)c3-c3c(cc(Oc4c(C(=O)O)cc(O)c(O)c4O)c(O)c3O)C(=O)O[C@H]([C@@H]1O)[C@@H]2OC(=O)[C@H]1CC(=O)c2oc(=O)c3cc(O)c(O)c(O)c3c21)c1cc(O)c(O)c(O)c1. The summed E-state index contributed by atoms with van der Waals surface area (Å²) < 4.78 is 38.3. The number of hydrogen-bond acceptors (Lipinski definition) is 29. The smallest absolute Gasteiger partial charge is 0.344 e. The number of aromatic carboxylic acids is 1. The van der Waals surface area contributed by atoms with E-state index >= 15 is 0 Å². The van der Waals surface area contributed by atoms with Crippen molar-refractivity contribution in [1.82, 2.24) is 0 Å². The lowest BCUT2D eigenvalue weighted by molar-refractivity contribution is -0.288. The van der Waals surface area contributed by atoms with Crippen molar-refractivity contribution >= 4 is 46.4 Å². The minimum atomic E-state index is -2.70. The van der Waals surface area contributed by atoms with Gasteiger partial charge < -0.3 is 115 Å². The zero-order chi connectivity index (χ0) is 56.1. The minimum absolute atomic E-state index is 0.317. The number of phenolic OH excluding ortho intramolecular Hbond substituents is 14. The van der Waals surface area contributed by atoms with Crippen LogP contribution in [0.25, 0.3) is 21.9 Å². The number of carboxylic acids is 1. The van der Waals surface area contributed by atoms with Crippen LogP contribution in [0.1, 0.15) is 69.9 Å². The highest BCUT2D eigenvalue weighted by molar-refractivity contribution is 6.11. The first-order valence-electron chi connectivity index (χ1n) is 21.4. The quantitative estimate of drug-likeness (QED) is 0.0615. The zero-order valence-electron chi connectivity index (χ0n) is 37.7. The lowest BCUT2D eigenvalue weighted by atomic mass is 9.91. The van der Waals surface area contributed by atoms with Gasteiger partial charge in [0.05, 0.1) is 28.0 Å². The fraction of sp³-hybridized carbons (Fsp3) is 0.170. The van der Waals surface area contributed by atoms with Gasteiger partial charge in [-0.3, -0.25) is 9.59 Å². The average Bonchev–Trinajstić information content (AvgIpc) is 3.71. The van der Waals surface area contributed by atoms with Crippen molar-refractivity contribution in [2.24, 2.45) is 0 Å². The summed E-state index contributed by atoms with van der Waals surface area (Å²) in [5, 5.41) is 168. The van der Waals surface area contributed by atoms with Crippen LogP contribution in [0.2, 0.25) is 0 Å². The summed E-state index contributed by atoms with van der Waals surface area (Å²) in [6, 6.07) is 2.78. The Bertz CT molecular complexity index is 3680. The van der Waals surface area contributed by atoms with E-state index in [0.29, 0.717) is 36.4 Å². The number of benzene rings is 5. The molecule has 6 aromatic rings. The molecule has 1 aliphatic carbocycles. The van der Waals surface area contributed by atoms with Crippen LogP contribution in [0, 0.1) is 0 Å². The molecule has 0 radical (unpaired) electrons. The number of aromatic hydroxyl groups is 14. The Balaban J connectivity index is 1.23. The number of phenols is 14. The third-order valence-corrected chi connectivity index (χ3v) is 12.3. The van der Waals surface area contributed by atoms with E-state index in [9.17, 15) is 115 Å². The van der Waals surface area contributed by atoms with E-state index in [1.54, 1.807) is 0 Å². The predicted octanol–water partition coefficient (Wildman–Crippen LogP) is 1.75. The summed E-state index contributed by atoms with van der Waals surface area (Å²) in [5.41, 5.74) is -8.81. The molecule has 5 aromatic carbocycles. The van der Waals surface area contributed by atoms with Crippen LogP contribution >= 0.6 is 0 Å². The second kappa shape index (κ2) is 18.3. The molecule has 1 saturated heterocycles. The molecule has 16 N–H and O–H groups in total. The van der Waals surface area contributed by atoms with Gasteiger partial charge in [0, 0.05) is 40.6 Å². The van der Waals surface area contributed by atoms with Crippen molar-refractivity contribution in [1.29, 1.82) is 0 Å². The highest BCUT2D eigenvalue weighted by Crippen LogP contribution is 2.56. The number of carboxylic acid groups (broad SMARTS) is 1. The Morgan fingerprint density at radius 1 is 0.610 bits per heavy atom. The summed E-state index contributed by atoms with van der Waals surface area (Å²) >= 11 is 0. The number of carbonyl (C=O) groups excluding carboxylic acids is 5. The van der Waals surface area contributed by atoms with E-state index in [4.69, 9.17) is 32.8 Å². The van der Waals surface area contributed by atoms with Gasteiger partial charge in [-0.15, -0.1) is 0 Å². The number of ketones is 1. The van der Waals surface area contributed by atoms with Crippen LogP contribution in [0.5, 0.6) is 92.0 Å². The maximum Gasteiger partial charge on any atom is 0.344 e. The number of hydrogen-bond donors (Lipinski definition) is 16. The molecule has 1 fully saturated rings. The Labute approximate surface area is 422 Å². The second-order valence-electron chi connectivity index (χ2n) is 16.9. The van der Waals surface area contributed by atoms with Gasteiger partial charge in [0.2, 0.25) is 35.0 Å². The van der Waals surface area contributed by atoms with Crippen LogP contribution in [0.4, 0.5) is 0 Å². The summed E-state index contributed by atoms with van der Waals surface area (Å²) in [7, 11) is 0. The number of esters is 4. The first kappa shape index (κ1) is 51.2. The molecule has 2 aliphatic heterocycles. The number of fused-ring (bicyclic) bond motifs is 8. The Kier molecular flexibility index (Phi) is 12.2. The monoisotopic (exact) mass is 1080 g/mol. The molecular formula is C47H32O30. The molecule has 0 unspecified atom stereocenters. The zero-order valence-corrected chi connectivity index (χ0v) is 37.7. The number of Topliss-reactive ketones (excluding diaryl/α,β-unsaturated/α-hetero) is 1. The van der Waals surface area contributed by atoms with Crippen molar-refractivity contribution in [3.05, 3.63) is 80.4 Å². The van der Waals surface area contributed by atoms with Crippen molar-refractivity contribution < 1.29 is 143 Å². The summed E-state index contributed by atoms with van der Waals surface area (Å²) in [6.07, 6.45) is -13.5. The first-order valence-corrected chi connectivity index (χ1v) is 21.4. The summed E-state index contributed by atoms with van der Waals surface area (Å²) in [4.78, 5) is 95.6. The van der Waals surface area contributed by atoms with Crippen LogP contribution in [0.15, 0.2) is 45.6 Å². The molecular weight excluding hydrogens is 1040 g/mol. The number of rotatable bonds is 7. The molecule has 0 spiro atoms. The van der Waals surface area contributed by atoms with Gasteiger partial charge in [0.25, 0.3) is 0 Å². The van der Waals surface area contributed by atoms with E-state index in [1.165, 1.54) is 0 Å². The molecule has 1 aromatic heterocycles. The maximum absolute atomic E-state index is 14.9. The molecule has 0 amide bonds. The van der Waals surface area contributed by atoms with Crippen molar-refractivity contribution in [3.63, 3.8) is 0 Å². The van der Waals surface area contributed by atoms with Crippen LogP contribution < -0.4 is 10.4 Å². The molecule has 0 saturated carbocycles. The Morgan fingerprint density at radius 3 is 1.83 bits per heavy atom. The summed E-state index contributed by atoms with van der Waals surface area (Å²) in [6.45, 7) is -1.33. The summed E-state index contributed by atoms with van der Waals surface area (Å²) in [5.74, 6) is -34.1. The van der Waals surface area contributed by atoms with E-state index in [2.05, 4.69) is 0 Å². The number of aliphatic hydroxyl groups is 1. The fourth-order valence-electron chi connectivity index (χ4n) is 8.64. The molecule has 6 atom stereocenters. The van der Waals surface area contributed by atoms with E-state index < -0.39 is 238 Å². The first-order chi connectivity index (χ1) is 36.2. The van der Waals surface area contributed by atoms with Gasteiger partial charge >= 0.3 is 35.5 Å². The third-order valence-electron chi connectivity index (χ3n) is 12.3. The standard InChI is InChI=1S/C47H32O30/c48-15-1-9(2-16(49)27(15)54)42(66)77-47-36(63)40-39(75-45(69)12-5-20(53)38-26(12)25-11(44(68)74-38)4-18(51)29(56)33(25)60)22(73-47)8-71-43(67)10-3-17(50)28(55)32(59)23(10)24-13(46(70)76-40)7-21(31(58)34(24)61)72-37-14(41(64)65)6-19(52)30(57)35(37)62/h1-4,6-7,12,22,36,39-40,47-52,54-63H,5,8H2,(H,64,65)/t12-,22+,36-,39+,40+,47+/m0/s1. The van der Waals surface area contributed by atoms with Gasteiger partial charge in [-0.1, -0.05) is 0 Å². The fourth-order valence-corrected chi connectivity index (χ4v) is 8.64. The number of cyclic esters (lactones) is 1. The molecule has 3 aliphatic rings. The van der Waals surface area contributed by atoms with E-state index in [-0.39, 0.29) is 0 Å². The molecule has 9 rings (SSSR count). The highest BCUT2D eigenvalue weighted by atomic mass is 16.7. The molecule has 3 heterocycles. The van der Waals surface area contributed by atoms with Gasteiger partial charge in [-0.25, -0.2) is 24.0 Å². The third kappa shape index (κ3) is 8.22. The predicted molar refractivity (Wildman–Crippen MR) is 239 cm³/mol. The van der Waals surface area contributed by atoms with Gasteiger partial charge in [-0.2, -0.15) is 0 Å². The molecule has 30 nitrogen and oxygen atoms in total. The normalized spacial score (nSPS) is 19.8. The Hall–Kier alpha value is -10.8. The number of ether oxygens (including phenoxy) is 6. The average molecular weight is 1080 g/mol. The van der Waals surface area contributed by atoms with Crippen molar-refractivity contribution in [3.8, 4) is 103 Å². The maximum atomic E-state index is 14.9. The van der Waals surface area contributed by atoms with Gasteiger partial charge in [0.1, 0.15) is 18.3 Å². The lowest BCUT2D eigenvalue weighted by Gasteiger charge is -2.43. The van der Waals surface area contributed by atoms with E-state index in [1.807, 2.05) is 0 Å². The topological polar surface area (TPSA) is 512 Å². The molecule has 400 valence electrons. The largest absolute Gasteiger partial charge is 0.504 e. The minimum Gasteiger partial charge on any atom is -0.504 e. The number of carbonyl (C=O) groups is 6. The van der Waals surface area contributed by atoms with Crippen LogP contribution in [0.3, 0.4) is 0 Å². The second-order valence-corrected chi connectivity index (χ2v) is 16.9. The van der Waals surface area contributed by atoms with Crippen LogP contribution in [-0.2, 0) is 28.5 Å². The Morgan fingerprint density at radius 2 is 1.18 bits per heavy atom. The lowest BCUT2D eigenvalue weighted by Crippen LogP contribution is -2.62. The van der Waals surface area contributed by atoms with Crippen LogP contribution in [-0.4, -0.2) is 155 Å². The van der Waals surface area contributed by atoms with Crippen molar-refractivity contribution in [2.45, 2.75) is 43.0 Å². The number of aliphatic hydroxyl groups excluding tert-OH is 1. The molecule has 77 heavy (non-hydrogen) atoms. The molecule has 2 bridgehead atoms. The molecule has 30 heteroatoms. The van der Waals surface area contributed by atoms with E-state index in [0.717, 1.165) is 0 Å². The van der Waals surface area contributed by atoms with Crippen molar-refractivity contribution in [2.75, 3.05) is 6.61 Å².